The Morgan fingerprint density at radius 3 is 3.00 bits per heavy atom. The topological polar surface area (TPSA) is 87.4 Å². The van der Waals surface area contributed by atoms with Crippen LogP contribution in [-0.4, -0.2) is 44.6 Å². The van der Waals surface area contributed by atoms with Gasteiger partial charge in [0, 0.05) is 11.1 Å². The Hall–Kier alpha value is -1.47. The van der Waals surface area contributed by atoms with E-state index in [0.717, 1.165) is 31.4 Å². The third-order valence-corrected chi connectivity index (χ3v) is 5.05. The van der Waals surface area contributed by atoms with Crippen molar-refractivity contribution < 1.29 is 10.2 Å². The van der Waals surface area contributed by atoms with Crippen LogP contribution in [0.4, 0.5) is 0 Å². The quantitative estimate of drug-likeness (QED) is 0.747. The number of aryl methyl sites for hydroxylation is 1. The third-order valence-electron chi connectivity index (χ3n) is 4.83. The van der Waals surface area contributed by atoms with Crippen molar-refractivity contribution in [2.45, 2.75) is 57.4 Å². The number of nitrogens with one attached hydrogen (secondary N) is 1. The summed E-state index contributed by atoms with van der Waals surface area (Å²) >= 11 is 6.12. The van der Waals surface area contributed by atoms with E-state index in [2.05, 4.69) is 10.3 Å². The van der Waals surface area contributed by atoms with Gasteiger partial charge in [-0.15, -0.1) is 0 Å². The summed E-state index contributed by atoms with van der Waals surface area (Å²) in [5.41, 5.74) is 1.38. The van der Waals surface area contributed by atoms with E-state index < -0.39 is 12.2 Å². The molecule has 0 aliphatic carbocycles. The Kier molecular flexibility index (Phi) is 5.74. The zero-order valence-electron chi connectivity index (χ0n) is 14.3. The molecule has 2 aromatic rings. The molecule has 136 valence electrons. The van der Waals surface area contributed by atoms with Crippen LogP contribution in [0.5, 0.6) is 0 Å². The predicted molar refractivity (Wildman–Crippen MR) is 98.0 cm³/mol. The van der Waals surface area contributed by atoms with Gasteiger partial charge in [-0.1, -0.05) is 18.5 Å². The highest BCUT2D eigenvalue weighted by molar-refractivity contribution is 6.31. The summed E-state index contributed by atoms with van der Waals surface area (Å²) in [6, 6.07) is 3.31. The lowest BCUT2D eigenvalue weighted by Gasteiger charge is -2.30. The lowest BCUT2D eigenvalue weighted by Crippen LogP contribution is -2.47. The molecule has 1 saturated heterocycles. The second kappa shape index (κ2) is 7.83. The molecule has 0 spiro atoms. The first-order chi connectivity index (χ1) is 12.0. The molecule has 25 heavy (non-hydrogen) atoms. The molecule has 6 nitrogen and oxygen atoms in total. The van der Waals surface area contributed by atoms with E-state index in [9.17, 15) is 15.0 Å². The van der Waals surface area contributed by atoms with Crippen molar-refractivity contribution in [3.8, 4) is 0 Å². The van der Waals surface area contributed by atoms with E-state index in [1.165, 1.54) is 10.9 Å². The average molecular weight is 366 g/mol. The Labute approximate surface area is 151 Å². The first-order valence-electron chi connectivity index (χ1n) is 8.76. The van der Waals surface area contributed by atoms with E-state index in [-0.39, 0.29) is 18.1 Å². The molecule has 1 aliphatic heterocycles. The number of halogens is 1. The van der Waals surface area contributed by atoms with Crippen LogP contribution in [0.1, 0.15) is 31.7 Å². The number of aromatic nitrogens is 2. The molecule has 0 radical (unpaired) electrons. The van der Waals surface area contributed by atoms with Gasteiger partial charge in [0.1, 0.15) is 0 Å². The highest BCUT2D eigenvalue weighted by Gasteiger charge is 2.25. The largest absolute Gasteiger partial charge is 0.392 e. The molecule has 3 N–H and O–H groups in total. The summed E-state index contributed by atoms with van der Waals surface area (Å²) in [5.74, 6) is 0. The fourth-order valence-electron chi connectivity index (χ4n) is 3.48. The lowest BCUT2D eigenvalue weighted by atomic mass is 9.96. The summed E-state index contributed by atoms with van der Waals surface area (Å²) < 4.78 is 1.41. The van der Waals surface area contributed by atoms with Gasteiger partial charge in [-0.3, -0.25) is 9.36 Å². The summed E-state index contributed by atoms with van der Waals surface area (Å²) in [6.07, 6.45) is 3.07. The van der Waals surface area contributed by atoms with Gasteiger partial charge in [-0.2, -0.15) is 0 Å². The number of fused-ring (bicyclic) bond motifs is 1. The lowest BCUT2D eigenvalue weighted by molar-refractivity contribution is 0.0539. The van der Waals surface area contributed by atoms with Crippen molar-refractivity contribution in [3.05, 3.63) is 39.4 Å². The van der Waals surface area contributed by atoms with Gasteiger partial charge >= 0.3 is 0 Å². The minimum absolute atomic E-state index is 0.140. The number of hydrogen-bond donors (Lipinski definition) is 3. The maximum Gasteiger partial charge on any atom is 0.261 e. The van der Waals surface area contributed by atoms with Crippen LogP contribution in [0, 0.1) is 0 Å². The van der Waals surface area contributed by atoms with E-state index in [0.29, 0.717) is 22.3 Å². The smallest absolute Gasteiger partial charge is 0.261 e. The number of hydrogen-bond acceptors (Lipinski definition) is 5. The van der Waals surface area contributed by atoms with Crippen molar-refractivity contribution in [2.24, 2.45) is 0 Å². The molecule has 1 aliphatic rings. The Balaban J connectivity index is 1.81. The molecule has 0 amide bonds. The second-order valence-corrected chi connectivity index (χ2v) is 7.11. The minimum atomic E-state index is -0.743. The van der Waals surface area contributed by atoms with Gasteiger partial charge in [0.15, 0.2) is 0 Å². The van der Waals surface area contributed by atoms with Gasteiger partial charge in [-0.05, 0) is 49.9 Å². The Bertz CT molecular complexity index is 808. The molecule has 2 heterocycles. The molecule has 1 fully saturated rings. The zero-order chi connectivity index (χ0) is 18.0. The fourth-order valence-corrected chi connectivity index (χ4v) is 3.72. The standard InChI is InChI=1S/C18H24ClN3O3/c1-2-11-6-12(19)7-14-17(11)21-10-22(18(14)25)9-13(23)8-15-16(24)4-3-5-20-15/h6-7,10,13,15-16,20,23-24H,2-5,8-9H2,1H3/t13-,15+,16-/m0/s1. The minimum Gasteiger partial charge on any atom is -0.392 e. The molecule has 3 atom stereocenters. The summed E-state index contributed by atoms with van der Waals surface area (Å²) in [4.78, 5) is 17.1. The van der Waals surface area contributed by atoms with E-state index in [1.807, 2.05) is 13.0 Å². The fraction of sp³-hybridized carbons (Fsp3) is 0.556. The average Bonchev–Trinajstić information content (AvgIpc) is 2.59. The van der Waals surface area contributed by atoms with Crippen LogP contribution < -0.4 is 10.9 Å². The number of nitrogens with zero attached hydrogens (tertiary/aromatic N) is 2. The summed E-state index contributed by atoms with van der Waals surface area (Å²) in [6.45, 7) is 2.97. The van der Waals surface area contributed by atoms with Crippen LogP contribution >= 0.6 is 11.6 Å². The maximum absolute atomic E-state index is 12.7. The number of benzene rings is 1. The van der Waals surface area contributed by atoms with E-state index >= 15 is 0 Å². The SMILES string of the molecule is CCc1cc(Cl)cc2c(=O)n(C[C@@H](O)C[C@H]3NCCC[C@@H]3O)cnc12. The zero-order valence-corrected chi connectivity index (χ0v) is 15.0. The normalized spacial score (nSPS) is 22.2. The monoisotopic (exact) mass is 365 g/mol. The first-order valence-corrected chi connectivity index (χ1v) is 9.14. The number of piperidine rings is 1. The van der Waals surface area contributed by atoms with Crippen LogP contribution in [0.15, 0.2) is 23.3 Å². The van der Waals surface area contributed by atoms with Crippen LogP contribution in [0.3, 0.4) is 0 Å². The second-order valence-electron chi connectivity index (χ2n) is 6.68. The summed E-state index contributed by atoms with van der Waals surface area (Å²) in [5, 5.41) is 24.6. The molecule has 1 aromatic heterocycles. The van der Waals surface area contributed by atoms with Crippen molar-refractivity contribution in [2.75, 3.05) is 6.54 Å². The number of aliphatic hydroxyl groups is 2. The van der Waals surface area contributed by atoms with Crippen molar-refractivity contribution in [3.63, 3.8) is 0 Å². The molecule has 0 bridgehead atoms. The van der Waals surface area contributed by atoms with E-state index in [4.69, 9.17) is 11.6 Å². The van der Waals surface area contributed by atoms with Crippen molar-refractivity contribution in [1.82, 2.24) is 14.9 Å². The molecule has 3 rings (SSSR count). The Morgan fingerprint density at radius 1 is 1.48 bits per heavy atom. The van der Waals surface area contributed by atoms with Crippen LogP contribution in [0.2, 0.25) is 5.02 Å². The maximum atomic E-state index is 12.7. The molecule has 7 heteroatoms. The van der Waals surface area contributed by atoms with Crippen LogP contribution in [0.25, 0.3) is 10.9 Å². The number of rotatable bonds is 5. The molecular weight excluding hydrogens is 342 g/mol. The van der Waals surface area contributed by atoms with Gasteiger partial charge < -0.3 is 15.5 Å². The van der Waals surface area contributed by atoms with Crippen molar-refractivity contribution in [1.29, 1.82) is 0 Å². The highest BCUT2D eigenvalue weighted by Crippen LogP contribution is 2.20. The first kappa shape index (κ1) is 18.3. The Morgan fingerprint density at radius 2 is 2.28 bits per heavy atom. The molecule has 1 aromatic carbocycles. The summed E-state index contributed by atoms with van der Waals surface area (Å²) in [7, 11) is 0. The van der Waals surface area contributed by atoms with Gasteiger partial charge in [0.25, 0.3) is 5.56 Å². The van der Waals surface area contributed by atoms with Gasteiger partial charge in [0.2, 0.25) is 0 Å². The predicted octanol–water partition coefficient (Wildman–Crippen LogP) is 1.48. The molecule has 0 saturated carbocycles. The highest BCUT2D eigenvalue weighted by atomic mass is 35.5. The molecular formula is C18H24ClN3O3. The van der Waals surface area contributed by atoms with E-state index in [1.54, 1.807) is 6.07 Å². The van der Waals surface area contributed by atoms with Crippen molar-refractivity contribution >= 4 is 22.5 Å². The molecule has 0 unspecified atom stereocenters. The van der Waals surface area contributed by atoms with Crippen LogP contribution in [-0.2, 0) is 13.0 Å². The third kappa shape index (κ3) is 4.03. The number of aliphatic hydroxyl groups excluding tert-OH is 2. The van der Waals surface area contributed by atoms with Gasteiger partial charge in [-0.25, -0.2) is 4.98 Å². The van der Waals surface area contributed by atoms with Gasteiger partial charge in [0.05, 0.1) is 36.0 Å².